The summed E-state index contributed by atoms with van der Waals surface area (Å²) in [6, 6.07) is 17.1. The third-order valence-electron chi connectivity index (χ3n) is 3.60. The van der Waals surface area contributed by atoms with Gasteiger partial charge in [-0.2, -0.15) is 5.26 Å². The molecule has 0 aliphatic carbocycles. The van der Waals surface area contributed by atoms with Crippen LogP contribution in [0.2, 0.25) is 0 Å². The van der Waals surface area contributed by atoms with Gasteiger partial charge in [-0.15, -0.1) is 0 Å². The van der Waals surface area contributed by atoms with E-state index in [0.29, 0.717) is 22.6 Å². The lowest BCUT2D eigenvalue weighted by Gasteiger charge is -2.09. The van der Waals surface area contributed by atoms with Crippen LogP contribution in [-0.4, -0.2) is 21.8 Å². The van der Waals surface area contributed by atoms with E-state index in [-0.39, 0.29) is 17.5 Å². The highest BCUT2D eigenvalue weighted by Gasteiger charge is 2.10. The minimum absolute atomic E-state index is 0.177. The lowest BCUT2D eigenvalue weighted by atomic mass is 10.2. The summed E-state index contributed by atoms with van der Waals surface area (Å²) in [5, 5.41) is 17.2. The molecule has 1 heterocycles. The molecule has 28 heavy (non-hydrogen) atoms. The number of carbonyl (C=O) groups excluding carboxylic acids is 2. The first kappa shape index (κ1) is 18.5. The lowest BCUT2D eigenvalue weighted by Crippen LogP contribution is -2.15. The number of amides is 2. The van der Waals surface area contributed by atoms with Gasteiger partial charge in [0.05, 0.1) is 11.6 Å². The fraction of sp³-hybridized carbons (Fsp3) is 0.0500. The number of rotatable bonds is 5. The van der Waals surface area contributed by atoms with Crippen LogP contribution in [0.4, 0.5) is 23.0 Å². The van der Waals surface area contributed by atoms with E-state index in [1.807, 2.05) is 6.07 Å². The van der Waals surface area contributed by atoms with Crippen molar-refractivity contribution in [1.82, 2.24) is 9.97 Å². The maximum atomic E-state index is 12.5. The number of hydrogen-bond acceptors (Lipinski definition) is 6. The monoisotopic (exact) mass is 372 g/mol. The van der Waals surface area contributed by atoms with E-state index < -0.39 is 5.91 Å². The Kier molecular flexibility index (Phi) is 5.58. The molecule has 0 saturated carbocycles. The van der Waals surface area contributed by atoms with Crippen LogP contribution in [0.25, 0.3) is 0 Å². The van der Waals surface area contributed by atoms with E-state index in [9.17, 15) is 9.59 Å². The van der Waals surface area contributed by atoms with Gasteiger partial charge in [0.1, 0.15) is 5.69 Å². The molecular weight excluding hydrogens is 356 g/mol. The SMILES string of the molecule is CC(=O)Nc1cccc(NC(=O)c2ccnc(Nc3ccc(C#N)cc3)n2)c1. The molecule has 8 nitrogen and oxygen atoms in total. The molecule has 0 spiro atoms. The second-order valence-corrected chi connectivity index (χ2v) is 5.80. The van der Waals surface area contributed by atoms with Gasteiger partial charge in [0.2, 0.25) is 11.9 Å². The number of anilines is 4. The summed E-state index contributed by atoms with van der Waals surface area (Å²) in [6.07, 6.45) is 1.47. The van der Waals surface area contributed by atoms with Gasteiger partial charge >= 0.3 is 0 Å². The fourth-order valence-corrected chi connectivity index (χ4v) is 2.38. The van der Waals surface area contributed by atoms with E-state index in [1.165, 1.54) is 19.2 Å². The smallest absolute Gasteiger partial charge is 0.274 e. The maximum absolute atomic E-state index is 12.5. The molecule has 0 aliphatic heterocycles. The first-order chi connectivity index (χ1) is 13.5. The van der Waals surface area contributed by atoms with Gasteiger partial charge in [0.15, 0.2) is 0 Å². The number of benzene rings is 2. The zero-order valence-corrected chi connectivity index (χ0v) is 14.9. The average molecular weight is 372 g/mol. The Labute approximate surface area is 161 Å². The Morgan fingerprint density at radius 3 is 2.36 bits per heavy atom. The van der Waals surface area contributed by atoms with Crippen molar-refractivity contribution in [2.45, 2.75) is 6.92 Å². The van der Waals surface area contributed by atoms with Gasteiger partial charge in [0, 0.05) is 30.2 Å². The molecule has 3 N–H and O–H groups in total. The lowest BCUT2D eigenvalue weighted by molar-refractivity contribution is -0.114. The second-order valence-electron chi connectivity index (χ2n) is 5.80. The fourth-order valence-electron chi connectivity index (χ4n) is 2.38. The third kappa shape index (κ3) is 4.89. The molecule has 0 bridgehead atoms. The summed E-state index contributed by atoms with van der Waals surface area (Å²) in [5.74, 6) is -0.354. The predicted molar refractivity (Wildman–Crippen MR) is 105 cm³/mol. The Morgan fingerprint density at radius 2 is 1.68 bits per heavy atom. The van der Waals surface area contributed by atoms with E-state index in [2.05, 4.69) is 25.9 Å². The first-order valence-corrected chi connectivity index (χ1v) is 8.33. The molecule has 138 valence electrons. The van der Waals surface area contributed by atoms with Gasteiger partial charge in [-0.05, 0) is 48.5 Å². The van der Waals surface area contributed by atoms with Crippen molar-refractivity contribution in [3.05, 3.63) is 72.1 Å². The normalized spacial score (nSPS) is 9.86. The van der Waals surface area contributed by atoms with Crippen molar-refractivity contribution in [1.29, 1.82) is 5.26 Å². The standard InChI is InChI=1S/C20H16N6O2/c1-13(27)23-16-3-2-4-17(11-16)24-19(28)18-9-10-22-20(26-18)25-15-7-5-14(12-21)6-8-15/h2-11H,1H3,(H,23,27)(H,24,28)(H,22,25,26). The number of nitriles is 1. The zero-order valence-electron chi connectivity index (χ0n) is 14.9. The molecule has 0 unspecified atom stereocenters. The number of nitrogens with one attached hydrogen (secondary N) is 3. The summed E-state index contributed by atoms with van der Waals surface area (Å²) >= 11 is 0. The van der Waals surface area contributed by atoms with Crippen molar-refractivity contribution >= 4 is 34.8 Å². The van der Waals surface area contributed by atoms with Gasteiger partial charge < -0.3 is 16.0 Å². The van der Waals surface area contributed by atoms with E-state index in [0.717, 1.165) is 0 Å². The Balaban J connectivity index is 1.71. The van der Waals surface area contributed by atoms with E-state index in [1.54, 1.807) is 48.5 Å². The second kappa shape index (κ2) is 8.42. The van der Waals surface area contributed by atoms with Crippen molar-refractivity contribution in [2.24, 2.45) is 0 Å². The summed E-state index contributed by atoms with van der Waals surface area (Å²) in [7, 11) is 0. The van der Waals surface area contributed by atoms with Crippen LogP contribution in [0, 0.1) is 11.3 Å². The molecule has 8 heteroatoms. The molecule has 3 rings (SSSR count). The largest absolute Gasteiger partial charge is 0.326 e. The molecule has 3 aromatic rings. The summed E-state index contributed by atoms with van der Waals surface area (Å²) in [4.78, 5) is 31.9. The van der Waals surface area contributed by atoms with Gasteiger partial charge in [-0.3, -0.25) is 9.59 Å². The highest BCUT2D eigenvalue weighted by atomic mass is 16.2. The van der Waals surface area contributed by atoms with Gasteiger partial charge in [-0.25, -0.2) is 9.97 Å². The van der Waals surface area contributed by atoms with Crippen LogP contribution in [0.15, 0.2) is 60.8 Å². The molecule has 0 radical (unpaired) electrons. The minimum atomic E-state index is -0.412. The van der Waals surface area contributed by atoms with Gasteiger partial charge in [0.25, 0.3) is 5.91 Å². The van der Waals surface area contributed by atoms with E-state index >= 15 is 0 Å². The first-order valence-electron chi connectivity index (χ1n) is 8.33. The summed E-state index contributed by atoms with van der Waals surface area (Å²) in [6.45, 7) is 1.41. The number of aromatic nitrogens is 2. The van der Waals surface area contributed by atoms with Crippen LogP contribution in [0.1, 0.15) is 23.0 Å². The molecule has 0 atom stereocenters. The van der Waals surface area contributed by atoms with E-state index in [4.69, 9.17) is 5.26 Å². The average Bonchev–Trinajstić information content (AvgIpc) is 2.68. The van der Waals surface area contributed by atoms with Crippen molar-refractivity contribution in [3.63, 3.8) is 0 Å². The van der Waals surface area contributed by atoms with Crippen LogP contribution >= 0.6 is 0 Å². The van der Waals surface area contributed by atoms with Crippen LogP contribution < -0.4 is 16.0 Å². The highest BCUT2D eigenvalue weighted by molar-refractivity contribution is 6.03. The molecule has 0 fully saturated rings. The molecular formula is C20H16N6O2. The molecule has 2 amide bonds. The van der Waals surface area contributed by atoms with Crippen molar-refractivity contribution in [3.8, 4) is 6.07 Å². The molecule has 1 aromatic heterocycles. The third-order valence-corrected chi connectivity index (χ3v) is 3.60. The molecule has 0 saturated heterocycles. The number of carbonyl (C=O) groups is 2. The predicted octanol–water partition coefficient (Wildman–Crippen LogP) is 3.30. The summed E-state index contributed by atoms with van der Waals surface area (Å²) in [5.41, 5.74) is 2.52. The van der Waals surface area contributed by atoms with Crippen LogP contribution in [-0.2, 0) is 4.79 Å². The highest BCUT2D eigenvalue weighted by Crippen LogP contribution is 2.17. The topological polar surface area (TPSA) is 120 Å². The quantitative estimate of drug-likeness (QED) is 0.632. The van der Waals surface area contributed by atoms with Crippen LogP contribution in [0.5, 0.6) is 0 Å². The molecule has 0 aliphatic rings. The Morgan fingerprint density at radius 1 is 0.964 bits per heavy atom. The van der Waals surface area contributed by atoms with Crippen molar-refractivity contribution < 1.29 is 9.59 Å². The van der Waals surface area contributed by atoms with Crippen molar-refractivity contribution in [2.75, 3.05) is 16.0 Å². The number of nitrogens with zero attached hydrogens (tertiary/aromatic N) is 3. The Hall–Kier alpha value is -4.25. The van der Waals surface area contributed by atoms with Crippen LogP contribution in [0.3, 0.4) is 0 Å². The summed E-state index contributed by atoms with van der Waals surface area (Å²) < 4.78 is 0. The van der Waals surface area contributed by atoms with Gasteiger partial charge in [-0.1, -0.05) is 6.07 Å². The number of hydrogen-bond donors (Lipinski definition) is 3. The zero-order chi connectivity index (χ0) is 19.9. The molecule has 2 aromatic carbocycles. The Bertz CT molecular complexity index is 1060. The minimum Gasteiger partial charge on any atom is -0.326 e. The maximum Gasteiger partial charge on any atom is 0.274 e.